The Morgan fingerprint density at radius 1 is 1.50 bits per heavy atom. The Morgan fingerprint density at radius 2 is 2.28 bits per heavy atom. The SMILES string of the molecule is CCC1CCC(C(=O)O)C(c2ccnn2CC)C1. The molecule has 1 saturated carbocycles. The lowest BCUT2D eigenvalue weighted by molar-refractivity contribution is -0.144. The van der Waals surface area contributed by atoms with Crippen LogP contribution in [0.2, 0.25) is 0 Å². The molecule has 2 rings (SSSR count). The third kappa shape index (κ3) is 2.42. The van der Waals surface area contributed by atoms with Crippen LogP contribution in [0.25, 0.3) is 0 Å². The van der Waals surface area contributed by atoms with Crippen LogP contribution in [0.3, 0.4) is 0 Å². The first kappa shape index (κ1) is 13.1. The number of carbonyl (C=O) groups is 1. The monoisotopic (exact) mass is 250 g/mol. The van der Waals surface area contributed by atoms with Gasteiger partial charge in [-0.3, -0.25) is 9.48 Å². The van der Waals surface area contributed by atoms with Gasteiger partial charge in [0.15, 0.2) is 0 Å². The summed E-state index contributed by atoms with van der Waals surface area (Å²) in [6, 6.07) is 1.99. The quantitative estimate of drug-likeness (QED) is 0.894. The van der Waals surface area contributed by atoms with Gasteiger partial charge in [-0.2, -0.15) is 5.10 Å². The van der Waals surface area contributed by atoms with E-state index in [-0.39, 0.29) is 11.8 Å². The largest absolute Gasteiger partial charge is 0.481 e. The predicted molar refractivity (Wildman–Crippen MR) is 69.4 cm³/mol. The van der Waals surface area contributed by atoms with E-state index in [1.807, 2.05) is 17.7 Å². The molecule has 1 aromatic heterocycles. The maximum atomic E-state index is 11.4. The van der Waals surface area contributed by atoms with Crippen molar-refractivity contribution in [3.8, 4) is 0 Å². The summed E-state index contributed by atoms with van der Waals surface area (Å²) in [5.74, 6) is -0.109. The summed E-state index contributed by atoms with van der Waals surface area (Å²) in [6.07, 6.45) is 5.76. The number of rotatable bonds is 4. The topological polar surface area (TPSA) is 55.1 Å². The number of aryl methyl sites for hydroxylation is 1. The van der Waals surface area contributed by atoms with Crippen molar-refractivity contribution in [1.29, 1.82) is 0 Å². The molecule has 1 fully saturated rings. The molecule has 1 heterocycles. The molecule has 0 radical (unpaired) electrons. The molecule has 100 valence electrons. The Labute approximate surface area is 108 Å². The molecule has 18 heavy (non-hydrogen) atoms. The zero-order valence-corrected chi connectivity index (χ0v) is 11.2. The van der Waals surface area contributed by atoms with E-state index >= 15 is 0 Å². The second-order valence-electron chi connectivity index (χ2n) is 5.21. The van der Waals surface area contributed by atoms with Crippen LogP contribution in [0.5, 0.6) is 0 Å². The minimum atomic E-state index is -0.654. The molecule has 1 aliphatic carbocycles. The van der Waals surface area contributed by atoms with Crippen molar-refractivity contribution in [3.05, 3.63) is 18.0 Å². The third-order valence-electron chi connectivity index (χ3n) is 4.28. The van der Waals surface area contributed by atoms with E-state index in [0.717, 1.165) is 37.9 Å². The van der Waals surface area contributed by atoms with Gasteiger partial charge in [0.25, 0.3) is 0 Å². The fraction of sp³-hybridized carbons (Fsp3) is 0.714. The summed E-state index contributed by atoms with van der Waals surface area (Å²) in [7, 11) is 0. The van der Waals surface area contributed by atoms with Gasteiger partial charge in [0.2, 0.25) is 0 Å². The number of carboxylic acid groups (broad SMARTS) is 1. The third-order valence-corrected chi connectivity index (χ3v) is 4.28. The summed E-state index contributed by atoms with van der Waals surface area (Å²) in [6.45, 7) is 5.05. The van der Waals surface area contributed by atoms with Crippen molar-refractivity contribution in [2.75, 3.05) is 0 Å². The average molecular weight is 250 g/mol. The van der Waals surface area contributed by atoms with Crippen LogP contribution in [0.15, 0.2) is 12.3 Å². The second kappa shape index (κ2) is 5.55. The van der Waals surface area contributed by atoms with E-state index in [9.17, 15) is 9.90 Å². The molecule has 3 unspecified atom stereocenters. The van der Waals surface area contributed by atoms with Crippen molar-refractivity contribution in [3.63, 3.8) is 0 Å². The average Bonchev–Trinajstić information content (AvgIpc) is 2.85. The molecule has 0 aromatic carbocycles. The molecule has 4 nitrogen and oxygen atoms in total. The molecule has 0 saturated heterocycles. The summed E-state index contributed by atoms with van der Waals surface area (Å²) in [5.41, 5.74) is 1.10. The highest BCUT2D eigenvalue weighted by Gasteiger charge is 2.36. The van der Waals surface area contributed by atoms with Crippen molar-refractivity contribution < 1.29 is 9.90 Å². The Morgan fingerprint density at radius 3 is 2.89 bits per heavy atom. The van der Waals surface area contributed by atoms with Gasteiger partial charge in [0.1, 0.15) is 0 Å². The van der Waals surface area contributed by atoms with E-state index in [2.05, 4.69) is 12.0 Å². The van der Waals surface area contributed by atoms with Gasteiger partial charge in [0.05, 0.1) is 5.92 Å². The first-order chi connectivity index (χ1) is 8.67. The van der Waals surface area contributed by atoms with Gasteiger partial charge < -0.3 is 5.11 Å². The Bertz CT molecular complexity index is 414. The van der Waals surface area contributed by atoms with Crippen LogP contribution in [0.1, 0.15) is 51.1 Å². The fourth-order valence-corrected chi connectivity index (χ4v) is 3.17. The lowest BCUT2D eigenvalue weighted by Gasteiger charge is -2.33. The smallest absolute Gasteiger partial charge is 0.307 e. The van der Waals surface area contributed by atoms with E-state index in [1.165, 1.54) is 0 Å². The van der Waals surface area contributed by atoms with Gasteiger partial charge >= 0.3 is 5.97 Å². The van der Waals surface area contributed by atoms with E-state index < -0.39 is 5.97 Å². The van der Waals surface area contributed by atoms with Crippen LogP contribution in [-0.2, 0) is 11.3 Å². The molecule has 0 aliphatic heterocycles. The van der Waals surface area contributed by atoms with Crippen LogP contribution in [0, 0.1) is 11.8 Å². The summed E-state index contributed by atoms with van der Waals surface area (Å²) >= 11 is 0. The molecule has 0 bridgehead atoms. The van der Waals surface area contributed by atoms with Gasteiger partial charge in [-0.05, 0) is 38.2 Å². The van der Waals surface area contributed by atoms with E-state index in [4.69, 9.17) is 0 Å². The highest BCUT2D eigenvalue weighted by atomic mass is 16.4. The molecule has 0 amide bonds. The van der Waals surface area contributed by atoms with Gasteiger partial charge in [0, 0.05) is 24.4 Å². The van der Waals surface area contributed by atoms with Gasteiger partial charge in [-0.1, -0.05) is 13.3 Å². The van der Waals surface area contributed by atoms with Crippen LogP contribution >= 0.6 is 0 Å². The molecule has 1 N–H and O–H groups in total. The van der Waals surface area contributed by atoms with E-state index in [0.29, 0.717) is 5.92 Å². The second-order valence-corrected chi connectivity index (χ2v) is 5.21. The first-order valence-electron chi connectivity index (χ1n) is 6.91. The Hall–Kier alpha value is -1.32. The molecule has 3 atom stereocenters. The summed E-state index contributed by atoms with van der Waals surface area (Å²) in [5, 5.41) is 13.7. The van der Waals surface area contributed by atoms with Crippen LogP contribution < -0.4 is 0 Å². The minimum absolute atomic E-state index is 0.128. The molecule has 1 aromatic rings. The zero-order chi connectivity index (χ0) is 13.1. The first-order valence-corrected chi connectivity index (χ1v) is 6.91. The van der Waals surface area contributed by atoms with Crippen molar-refractivity contribution in [2.24, 2.45) is 11.8 Å². The molecular formula is C14H22N2O2. The Kier molecular flexibility index (Phi) is 4.04. The summed E-state index contributed by atoms with van der Waals surface area (Å²) < 4.78 is 1.94. The molecule has 1 aliphatic rings. The fourth-order valence-electron chi connectivity index (χ4n) is 3.17. The predicted octanol–water partition coefficient (Wildman–Crippen LogP) is 2.90. The maximum Gasteiger partial charge on any atom is 0.307 e. The van der Waals surface area contributed by atoms with Crippen molar-refractivity contribution in [1.82, 2.24) is 9.78 Å². The number of aliphatic carboxylic acids is 1. The number of nitrogens with zero attached hydrogens (tertiary/aromatic N) is 2. The van der Waals surface area contributed by atoms with Crippen molar-refractivity contribution >= 4 is 5.97 Å². The number of carboxylic acids is 1. The lowest BCUT2D eigenvalue weighted by Crippen LogP contribution is -2.30. The summed E-state index contributed by atoms with van der Waals surface area (Å²) in [4.78, 5) is 11.4. The minimum Gasteiger partial charge on any atom is -0.481 e. The highest BCUT2D eigenvalue weighted by Crippen LogP contribution is 2.41. The number of hydrogen-bond acceptors (Lipinski definition) is 2. The van der Waals surface area contributed by atoms with Gasteiger partial charge in [-0.15, -0.1) is 0 Å². The lowest BCUT2D eigenvalue weighted by atomic mass is 9.72. The maximum absolute atomic E-state index is 11.4. The highest BCUT2D eigenvalue weighted by molar-refractivity contribution is 5.71. The normalized spacial score (nSPS) is 28.2. The standard InChI is InChI=1S/C14H22N2O2/c1-3-10-5-6-11(14(17)18)12(9-10)13-7-8-15-16(13)4-2/h7-8,10-12H,3-6,9H2,1-2H3,(H,17,18). The molecule has 0 spiro atoms. The number of aromatic nitrogens is 2. The van der Waals surface area contributed by atoms with E-state index in [1.54, 1.807) is 6.20 Å². The molecule has 4 heteroatoms. The van der Waals surface area contributed by atoms with Crippen LogP contribution in [-0.4, -0.2) is 20.9 Å². The van der Waals surface area contributed by atoms with Crippen molar-refractivity contribution in [2.45, 2.75) is 52.0 Å². The van der Waals surface area contributed by atoms with Gasteiger partial charge in [-0.25, -0.2) is 0 Å². The zero-order valence-electron chi connectivity index (χ0n) is 11.2. The number of hydrogen-bond donors (Lipinski definition) is 1. The van der Waals surface area contributed by atoms with Crippen LogP contribution in [0.4, 0.5) is 0 Å². The molecular weight excluding hydrogens is 228 g/mol. The Balaban J connectivity index is 2.27.